The van der Waals surface area contributed by atoms with Gasteiger partial charge in [0.25, 0.3) is 0 Å². The van der Waals surface area contributed by atoms with Crippen molar-refractivity contribution in [1.29, 1.82) is 0 Å². The van der Waals surface area contributed by atoms with Crippen LogP contribution in [0.5, 0.6) is 0 Å². The van der Waals surface area contributed by atoms with E-state index >= 15 is 0 Å². The second-order valence-electron chi connectivity index (χ2n) is 6.85. The van der Waals surface area contributed by atoms with Gasteiger partial charge in [-0.25, -0.2) is 0 Å². The molecule has 3 rings (SSSR count). The predicted octanol–water partition coefficient (Wildman–Crippen LogP) is 4.39. The molecule has 1 heterocycles. The molecule has 0 radical (unpaired) electrons. The molecule has 0 aliphatic heterocycles. The third-order valence-corrected chi connectivity index (χ3v) is 4.49. The quantitative estimate of drug-likeness (QED) is 0.634. The minimum atomic E-state index is -0.109. The smallest absolute Gasteiger partial charge is 0.244 e. The van der Waals surface area contributed by atoms with E-state index in [1.165, 1.54) is 5.56 Å². The largest absolute Gasteiger partial charge is 0.460 e. The lowest BCUT2D eigenvalue weighted by atomic mass is 10.1. The number of carbonyl (C=O) groups excluding carboxylic acids is 1. The van der Waals surface area contributed by atoms with Gasteiger partial charge in [0.05, 0.1) is 0 Å². The van der Waals surface area contributed by atoms with Crippen molar-refractivity contribution >= 4 is 23.0 Å². The van der Waals surface area contributed by atoms with Crippen molar-refractivity contribution in [3.8, 4) is 0 Å². The SMILES string of the molecule is CCc1oc2ccccc2c1/C=C/C(=O)NCc1ccccc1CN(C)C. The van der Waals surface area contributed by atoms with Crippen molar-refractivity contribution in [2.45, 2.75) is 26.4 Å². The summed E-state index contributed by atoms with van der Waals surface area (Å²) in [5.41, 5.74) is 4.19. The summed E-state index contributed by atoms with van der Waals surface area (Å²) < 4.78 is 5.87. The Balaban J connectivity index is 1.70. The van der Waals surface area contributed by atoms with Gasteiger partial charge in [-0.2, -0.15) is 0 Å². The molecule has 1 N–H and O–H groups in total. The molecule has 0 atom stereocenters. The maximum atomic E-state index is 12.3. The summed E-state index contributed by atoms with van der Waals surface area (Å²) in [6, 6.07) is 16.1. The molecule has 0 bridgehead atoms. The molecule has 0 aliphatic carbocycles. The zero-order valence-electron chi connectivity index (χ0n) is 16.2. The molecule has 0 spiro atoms. The maximum absolute atomic E-state index is 12.3. The van der Waals surface area contributed by atoms with E-state index in [4.69, 9.17) is 4.42 Å². The third kappa shape index (κ3) is 4.66. The van der Waals surface area contributed by atoms with Gasteiger partial charge in [0.1, 0.15) is 11.3 Å². The van der Waals surface area contributed by atoms with Crippen molar-refractivity contribution < 1.29 is 9.21 Å². The van der Waals surface area contributed by atoms with Gasteiger partial charge in [-0.3, -0.25) is 4.79 Å². The summed E-state index contributed by atoms with van der Waals surface area (Å²) in [4.78, 5) is 14.5. The van der Waals surface area contributed by atoms with Crippen LogP contribution in [0.15, 0.2) is 59.0 Å². The van der Waals surface area contributed by atoms with Crippen LogP contribution in [0, 0.1) is 0 Å². The number of nitrogens with one attached hydrogen (secondary N) is 1. The number of hydrogen-bond donors (Lipinski definition) is 1. The second kappa shape index (κ2) is 8.69. The van der Waals surface area contributed by atoms with Gasteiger partial charge in [0, 0.05) is 36.5 Å². The maximum Gasteiger partial charge on any atom is 0.244 e. The zero-order chi connectivity index (χ0) is 19.2. The van der Waals surface area contributed by atoms with Crippen LogP contribution in [0.1, 0.15) is 29.4 Å². The van der Waals surface area contributed by atoms with Gasteiger partial charge >= 0.3 is 0 Å². The molecule has 1 aromatic heterocycles. The summed E-state index contributed by atoms with van der Waals surface area (Å²) in [5.74, 6) is 0.790. The first-order valence-corrected chi connectivity index (χ1v) is 9.26. The standard InChI is InChI=1S/C23H26N2O2/c1-4-21-20(19-11-7-8-12-22(19)27-21)13-14-23(26)24-15-17-9-5-6-10-18(17)16-25(2)3/h5-14H,4,15-16H2,1-3H3,(H,24,26)/b14-13+. The minimum Gasteiger partial charge on any atom is -0.460 e. The molecule has 3 aromatic rings. The number of furan rings is 1. The lowest BCUT2D eigenvalue weighted by Gasteiger charge is -2.14. The number of rotatable bonds is 7. The Bertz CT molecular complexity index is 954. The predicted molar refractivity (Wildman–Crippen MR) is 110 cm³/mol. The Morgan fingerprint density at radius 1 is 1.07 bits per heavy atom. The van der Waals surface area contributed by atoms with Gasteiger partial charge in [-0.1, -0.05) is 49.4 Å². The van der Waals surface area contributed by atoms with Gasteiger partial charge in [-0.15, -0.1) is 0 Å². The van der Waals surface area contributed by atoms with E-state index in [1.807, 2.05) is 56.6 Å². The van der Waals surface area contributed by atoms with Gasteiger partial charge < -0.3 is 14.6 Å². The third-order valence-electron chi connectivity index (χ3n) is 4.49. The van der Waals surface area contributed by atoms with Gasteiger partial charge in [0.15, 0.2) is 0 Å². The average molecular weight is 362 g/mol. The fourth-order valence-corrected chi connectivity index (χ4v) is 3.19. The number of fused-ring (bicyclic) bond motifs is 1. The minimum absolute atomic E-state index is 0.109. The Hall–Kier alpha value is -2.85. The highest BCUT2D eigenvalue weighted by atomic mass is 16.3. The Kier molecular flexibility index (Phi) is 6.09. The van der Waals surface area contributed by atoms with Crippen LogP contribution in [-0.4, -0.2) is 24.9 Å². The van der Waals surface area contributed by atoms with Crippen LogP contribution in [0.25, 0.3) is 17.0 Å². The normalized spacial score (nSPS) is 11.6. The van der Waals surface area contributed by atoms with Gasteiger partial charge in [-0.05, 0) is 37.4 Å². The van der Waals surface area contributed by atoms with E-state index < -0.39 is 0 Å². The second-order valence-corrected chi connectivity index (χ2v) is 6.85. The molecule has 0 saturated heterocycles. The van der Waals surface area contributed by atoms with Gasteiger partial charge in [0.2, 0.25) is 5.91 Å². The number of amides is 1. The number of aryl methyl sites for hydroxylation is 1. The van der Waals surface area contributed by atoms with Crippen LogP contribution >= 0.6 is 0 Å². The molecule has 0 fully saturated rings. The highest BCUT2D eigenvalue weighted by molar-refractivity contribution is 5.96. The lowest BCUT2D eigenvalue weighted by molar-refractivity contribution is -0.116. The molecule has 27 heavy (non-hydrogen) atoms. The van der Waals surface area contributed by atoms with E-state index in [0.29, 0.717) is 6.54 Å². The van der Waals surface area contributed by atoms with Crippen LogP contribution in [0.2, 0.25) is 0 Å². The molecule has 1 amide bonds. The van der Waals surface area contributed by atoms with Crippen molar-refractivity contribution in [2.75, 3.05) is 14.1 Å². The van der Waals surface area contributed by atoms with E-state index in [2.05, 4.69) is 29.3 Å². The molecular formula is C23H26N2O2. The summed E-state index contributed by atoms with van der Waals surface area (Å²) >= 11 is 0. The molecule has 4 nitrogen and oxygen atoms in total. The van der Waals surface area contributed by atoms with Crippen molar-refractivity contribution in [3.05, 3.63) is 77.1 Å². The highest BCUT2D eigenvalue weighted by Gasteiger charge is 2.10. The number of hydrogen-bond acceptors (Lipinski definition) is 3. The Morgan fingerprint density at radius 2 is 1.78 bits per heavy atom. The molecule has 0 unspecified atom stereocenters. The topological polar surface area (TPSA) is 45.5 Å². The zero-order valence-corrected chi connectivity index (χ0v) is 16.2. The summed E-state index contributed by atoms with van der Waals surface area (Å²) in [6.45, 7) is 3.42. The average Bonchev–Trinajstić information content (AvgIpc) is 3.03. The van der Waals surface area contributed by atoms with Crippen molar-refractivity contribution in [2.24, 2.45) is 0 Å². The molecule has 0 saturated carbocycles. The van der Waals surface area contributed by atoms with Crippen LogP contribution in [0.4, 0.5) is 0 Å². The van der Waals surface area contributed by atoms with Crippen LogP contribution in [0.3, 0.4) is 0 Å². The fourth-order valence-electron chi connectivity index (χ4n) is 3.19. The summed E-state index contributed by atoms with van der Waals surface area (Å²) in [7, 11) is 4.08. The first-order chi connectivity index (χ1) is 13.1. The highest BCUT2D eigenvalue weighted by Crippen LogP contribution is 2.27. The van der Waals surface area contributed by atoms with Crippen molar-refractivity contribution in [3.63, 3.8) is 0 Å². The van der Waals surface area contributed by atoms with Crippen molar-refractivity contribution in [1.82, 2.24) is 10.2 Å². The van der Waals surface area contributed by atoms with E-state index in [-0.39, 0.29) is 5.91 Å². The number of carbonyl (C=O) groups is 1. The van der Waals surface area contributed by atoms with E-state index in [1.54, 1.807) is 6.08 Å². The Labute approximate surface area is 160 Å². The fraction of sp³-hybridized carbons (Fsp3) is 0.261. The number of benzene rings is 2. The Morgan fingerprint density at radius 3 is 2.52 bits per heavy atom. The summed E-state index contributed by atoms with van der Waals surface area (Å²) in [6.07, 6.45) is 4.23. The first kappa shape index (κ1) is 18.9. The molecule has 0 aliphatic rings. The molecular weight excluding hydrogens is 336 g/mol. The molecule has 4 heteroatoms. The summed E-state index contributed by atoms with van der Waals surface area (Å²) in [5, 5.41) is 4.02. The van der Waals surface area contributed by atoms with E-state index in [9.17, 15) is 4.79 Å². The molecule has 2 aromatic carbocycles. The molecule has 140 valence electrons. The van der Waals surface area contributed by atoms with E-state index in [0.717, 1.165) is 40.8 Å². The number of para-hydroxylation sites is 1. The first-order valence-electron chi connectivity index (χ1n) is 9.26. The monoisotopic (exact) mass is 362 g/mol. The number of nitrogens with zero attached hydrogens (tertiary/aromatic N) is 1. The lowest BCUT2D eigenvalue weighted by Crippen LogP contribution is -2.22. The van der Waals surface area contributed by atoms with Crippen LogP contribution < -0.4 is 5.32 Å². The van der Waals surface area contributed by atoms with Crippen LogP contribution in [-0.2, 0) is 24.3 Å².